The third-order valence-electron chi connectivity index (χ3n) is 3.99. The Hall–Kier alpha value is -2.62. The van der Waals surface area contributed by atoms with E-state index < -0.39 is 10.0 Å². The first-order chi connectivity index (χ1) is 13.3. The standard InChI is InChI=1S/C19H20N4O3S2/c1-22(2)28(25,26)17-10-4-14(5-11-17)18(24)21-15-6-8-16(9-7-15)27-19-20-12-13-23(19)3/h4-13H,1-3H3,(H,21,24). The van der Waals surface area contributed by atoms with Crippen molar-refractivity contribution in [1.29, 1.82) is 0 Å². The average Bonchev–Trinajstić information content (AvgIpc) is 3.08. The van der Waals surface area contributed by atoms with Gasteiger partial charge in [-0.05, 0) is 48.5 Å². The van der Waals surface area contributed by atoms with Gasteiger partial charge in [0, 0.05) is 49.7 Å². The number of hydrogen-bond acceptors (Lipinski definition) is 5. The van der Waals surface area contributed by atoms with E-state index in [-0.39, 0.29) is 10.8 Å². The van der Waals surface area contributed by atoms with Gasteiger partial charge in [0.15, 0.2) is 5.16 Å². The number of hydrogen-bond donors (Lipinski definition) is 1. The molecule has 3 rings (SSSR count). The monoisotopic (exact) mass is 416 g/mol. The van der Waals surface area contributed by atoms with Crippen LogP contribution in [0.25, 0.3) is 0 Å². The zero-order chi connectivity index (χ0) is 20.3. The number of aryl methyl sites for hydroxylation is 1. The van der Waals surface area contributed by atoms with Gasteiger partial charge in [0.2, 0.25) is 10.0 Å². The molecule has 1 heterocycles. The van der Waals surface area contributed by atoms with Gasteiger partial charge in [0.25, 0.3) is 5.91 Å². The van der Waals surface area contributed by atoms with E-state index in [4.69, 9.17) is 0 Å². The first-order valence-corrected chi connectivity index (χ1v) is 10.6. The van der Waals surface area contributed by atoms with Gasteiger partial charge in [-0.25, -0.2) is 17.7 Å². The second kappa shape index (κ2) is 8.17. The third kappa shape index (κ3) is 4.44. The number of rotatable bonds is 6. The van der Waals surface area contributed by atoms with Crippen molar-refractivity contribution in [2.45, 2.75) is 14.9 Å². The molecule has 0 bridgehead atoms. The normalized spacial score (nSPS) is 11.6. The highest BCUT2D eigenvalue weighted by Crippen LogP contribution is 2.27. The van der Waals surface area contributed by atoms with Gasteiger partial charge >= 0.3 is 0 Å². The first-order valence-electron chi connectivity index (χ1n) is 8.36. The molecule has 7 nitrogen and oxygen atoms in total. The Morgan fingerprint density at radius 3 is 2.25 bits per heavy atom. The molecule has 0 aliphatic rings. The first kappa shape index (κ1) is 20.1. The molecule has 0 spiro atoms. The van der Waals surface area contributed by atoms with Crippen molar-refractivity contribution in [3.8, 4) is 0 Å². The lowest BCUT2D eigenvalue weighted by Gasteiger charge is -2.11. The second-order valence-corrected chi connectivity index (χ2v) is 9.41. The van der Waals surface area contributed by atoms with E-state index in [1.54, 1.807) is 6.20 Å². The maximum absolute atomic E-state index is 12.4. The van der Waals surface area contributed by atoms with Crippen LogP contribution in [0, 0.1) is 0 Å². The number of amides is 1. The van der Waals surface area contributed by atoms with E-state index in [9.17, 15) is 13.2 Å². The molecule has 28 heavy (non-hydrogen) atoms. The Morgan fingerprint density at radius 1 is 1.07 bits per heavy atom. The highest BCUT2D eigenvalue weighted by Gasteiger charge is 2.17. The van der Waals surface area contributed by atoms with E-state index in [1.807, 2.05) is 42.1 Å². The minimum atomic E-state index is -3.52. The molecule has 1 aromatic heterocycles. The number of sulfonamides is 1. The van der Waals surface area contributed by atoms with Gasteiger partial charge in [-0.2, -0.15) is 0 Å². The summed E-state index contributed by atoms with van der Waals surface area (Å²) in [6, 6.07) is 13.3. The lowest BCUT2D eigenvalue weighted by atomic mass is 10.2. The van der Waals surface area contributed by atoms with Gasteiger partial charge in [-0.15, -0.1) is 0 Å². The molecule has 0 fully saturated rings. The zero-order valence-electron chi connectivity index (χ0n) is 15.7. The maximum atomic E-state index is 12.4. The molecule has 2 aromatic carbocycles. The molecule has 0 radical (unpaired) electrons. The summed E-state index contributed by atoms with van der Waals surface area (Å²) in [5.41, 5.74) is 1.03. The number of carbonyl (C=O) groups excluding carboxylic acids is 1. The van der Waals surface area contributed by atoms with E-state index in [2.05, 4.69) is 10.3 Å². The predicted octanol–water partition coefficient (Wildman–Crippen LogP) is 3.07. The number of imidazole rings is 1. The van der Waals surface area contributed by atoms with Crippen LogP contribution in [0.4, 0.5) is 5.69 Å². The molecule has 146 valence electrons. The largest absolute Gasteiger partial charge is 0.329 e. The Labute approximate surface area is 168 Å². The highest BCUT2D eigenvalue weighted by molar-refractivity contribution is 7.99. The summed E-state index contributed by atoms with van der Waals surface area (Å²) >= 11 is 1.53. The average molecular weight is 417 g/mol. The van der Waals surface area contributed by atoms with Crippen molar-refractivity contribution in [3.63, 3.8) is 0 Å². The second-order valence-electron chi connectivity index (χ2n) is 6.21. The van der Waals surface area contributed by atoms with Crippen LogP contribution in [-0.2, 0) is 17.1 Å². The number of benzene rings is 2. The summed E-state index contributed by atoms with van der Waals surface area (Å²) in [6.07, 6.45) is 3.62. The third-order valence-corrected chi connectivity index (χ3v) is 6.91. The number of nitrogens with zero attached hydrogens (tertiary/aromatic N) is 3. The van der Waals surface area contributed by atoms with Crippen LogP contribution in [0.2, 0.25) is 0 Å². The molecule has 1 N–H and O–H groups in total. The molecule has 0 atom stereocenters. The highest BCUT2D eigenvalue weighted by atomic mass is 32.2. The number of anilines is 1. The Balaban J connectivity index is 1.67. The molecular weight excluding hydrogens is 396 g/mol. The quantitative estimate of drug-likeness (QED) is 0.668. The van der Waals surface area contributed by atoms with Crippen LogP contribution in [-0.4, -0.2) is 42.3 Å². The SMILES string of the molecule is CN(C)S(=O)(=O)c1ccc(C(=O)Nc2ccc(Sc3nccn3C)cc2)cc1. The van der Waals surface area contributed by atoms with Crippen molar-refractivity contribution >= 4 is 33.4 Å². The number of aromatic nitrogens is 2. The predicted molar refractivity (Wildman–Crippen MR) is 109 cm³/mol. The molecule has 1 amide bonds. The van der Waals surface area contributed by atoms with Crippen LogP contribution in [0.5, 0.6) is 0 Å². The maximum Gasteiger partial charge on any atom is 0.255 e. The van der Waals surface area contributed by atoms with Gasteiger partial charge in [-0.1, -0.05) is 11.8 Å². The Kier molecular flexibility index (Phi) is 5.87. The topological polar surface area (TPSA) is 84.3 Å². The fourth-order valence-electron chi connectivity index (χ4n) is 2.35. The Bertz CT molecular complexity index is 1070. The van der Waals surface area contributed by atoms with Crippen molar-refractivity contribution in [3.05, 3.63) is 66.5 Å². The van der Waals surface area contributed by atoms with Gasteiger partial charge in [0.05, 0.1) is 4.90 Å². The molecule has 0 aliphatic carbocycles. The number of nitrogens with one attached hydrogen (secondary N) is 1. The molecule has 0 saturated carbocycles. The van der Waals surface area contributed by atoms with E-state index in [1.165, 1.54) is 50.1 Å². The van der Waals surface area contributed by atoms with Crippen LogP contribution in [0.3, 0.4) is 0 Å². The molecule has 0 saturated heterocycles. The van der Waals surface area contributed by atoms with Gasteiger partial charge in [0.1, 0.15) is 0 Å². The fourth-order valence-corrected chi connectivity index (χ4v) is 4.06. The van der Waals surface area contributed by atoms with E-state index in [0.29, 0.717) is 11.3 Å². The summed E-state index contributed by atoms with van der Waals surface area (Å²) in [4.78, 5) is 17.8. The molecule has 3 aromatic rings. The van der Waals surface area contributed by atoms with Crippen LogP contribution in [0.15, 0.2) is 75.9 Å². The van der Waals surface area contributed by atoms with E-state index >= 15 is 0 Å². The van der Waals surface area contributed by atoms with Crippen molar-refractivity contribution in [2.75, 3.05) is 19.4 Å². The summed E-state index contributed by atoms with van der Waals surface area (Å²) in [6.45, 7) is 0. The zero-order valence-corrected chi connectivity index (χ0v) is 17.3. The lowest BCUT2D eigenvalue weighted by molar-refractivity contribution is 0.102. The van der Waals surface area contributed by atoms with Crippen molar-refractivity contribution < 1.29 is 13.2 Å². The summed E-state index contributed by atoms with van der Waals surface area (Å²) < 4.78 is 27.2. The smallest absolute Gasteiger partial charge is 0.255 e. The lowest BCUT2D eigenvalue weighted by Crippen LogP contribution is -2.22. The molecular formula is C19H20N4O3S2. The van der Waals surface area contributed by atoms with Gasteiger partial charge in [-0.3, -0.25) is 4.79 Å². The van der Waals surface area contributed by atoms with E-state index in [0.717, 1.165) is 14.4 Å². The van der Waals surface area contributed by atoms with Crippen molar-refractivity contribution in [1.82, 2.24) is 13.9 Å². The molecule has 0 unspecified atom stereocenters. The molecule has 9 heteroatoms. The van der Waals surface area contributed by atoms with Crippen molar-refractivity contribution in [2.24, 2.45) is 7.05 Å². The Morgan fingerprint density at radius 2 is 1.71 bits per heavy atom. The minimum Gasteiger partial charge on any atom is -0.329 e. The van der Waals surface area contributed by atoms with Gasteiger partial charge < -0.3 is 9.88 Å². The minimum absolute atomic E-state index is 0.143. The number of carbonyl (C=O) groups is 1. The fraction of sp³-hybridized carbons (Fsp3) is 0.158. The van der Waals surface area contributed by atoms with Crippen LogP contribution in [0.1, 0.15) is 10.4 Å². The summed E-state index contributed by atoms with van der Waals surface area (Å²) in [7, 11) is 1.34. The van der Waals surface area contributed by atoms with Crippen LogP contribution < -0.4 is 5.32 Å². The molecule has 0 aliphatic heterocycles. The summed E-state index contributed by atoms with van der Waals surface area (Å²) in [5.74, 6) is -0.307. The van der Waals surface area contributed by atoms with Crippen LogP contribution >= 0.6 is 11.8 Å². The summed E-state index contributed by atoms with van der Waals surface area (Å²) in [5, 5.41) is 3.69.